The van der Waals surface area contributed by atoms with E-state index in [1.165, 1.54) is 17.4 Å². The highest BCUT2D eigenvalue weighted by atomic mass is 79.9. The van der Waals surface area contributed by atoms with Gasteiger partial charge in [-0.1, -0.05) is 11.3 Å². The lowest BCUT2D eigenvalue weighted by atomic mass is 10.4. The van der Waals surface area contributed by atoms with Gasteiger partial charge in [0.1, 0.15) is 4.60 Å². The van der Waals surface area contributed by atoms with E-state index in [0.29, 0.717) is 6.54 Å². The lowest BCUT2D eigenvalue weighted by Gasteiger charge is -2.05. The Morgan fingerprint density at radius 3 is 2.94 bits per heavy atom. The van der Waals surface area contributed by atoms with Crippen molar-refractivity contribution in [3.8, 4) is 0 Å². The number of hydrogen-bond acceptors (Lipinski definition) is 5. The molecular weight excluding hydrogens is 306 g/mol. The van der Waals surface area contributed by atoms with Crippen LogP contribution < -0.4 is 5.32 Å². The SMILES string of the molecule is O=[N+]([O-])c1ccc(CNc2cccnc2Br)s1. The molecule has 0 unspecified atom stereocenters. The van der Waals surface area contributed by atoms with Gasteiger partial charge in [0.25, 0.3) is 0 Å². The lowest BCUT2D eigenvalue weighted by Crippen LogP contribution is -1.98. The molecule has 0 aliphatic carbocycles. The van der Waals surface area contributed by atoms with Crippen LogP contribution >= 0.6 is 27.3 Å². The number of aromatic nitrogens is 1. The maximum atomic E-state index is 10.5. The second kappa shape index (κ2) is 5.24. The molecule has 1 N–H and O–H groups in total. The van der Waals surface area contributed by atoms with Crippen LogP contribution in [-0.4, -0.2) is 9.91 Å². The zero-order chi connectivity index (χ0) is 12.3. The minimum absolute atomic E-state index is 0.159. The second-order valence-corrected chi connectivity index (χ2v) is 5.09. The van der Waals surface area contributed by atoms with Gasteiger partial charge in [-0.25, -0.2) is 4.98 Å². The zero-order valence-electron chi connectivity index (χ0n) is 8.59. The van der Waals surface area contributed by atoms with Crippen LogP contribution in [0.1, 0.15) is 4.88 Å². The molecule has 0 bridgehead atoms. The zero-order valence-corrected chi connectivity index (χ0v) is 11.0. The van der Waals surface area contributed by atoms with Gasteiger partial charge in [-0.3, -0.25) is 10.1 Å². The third kappa shape index (κ3) is 3.01. The Bertz CT molecular complexity index is 544. The summed E-state index contributed by atoms with van der Waals surface area (Å²) in [5, 5.41) is 13.8. The molecule has 17 heavy (non-hydrogen) atoms. The Morgan fingerprint density at radius 2 is 2.29 bits per heavy atom. The number of anilines is 1. The van der Waals surface area contributed by atoms with Crippen LogP contribution in [-0.2, 0) is 6.54 Å². The number of rotatable bonds is 4. The average Bonchev–Trinajstić information content (AvgIpc) is 2.77. The summed E-state index contributed by atoms with van der Waals surface area (Å²) in [5.41, 5.74) is 0.864. The Balaban J connectivity index is 2.02. The molecule has 7 heteroatoms. The van der Waals surface area contributed by atoms with E-state index in [2.05, 4.69) is 26.2 Å². The topological polar surface area (TPSA) is 68.1 Å². The smallest absolute Gasteiger partial charge is 0.324 e. The molecule has 2 aromatic heterocycles. The van der Waals surface area contributed by atoms with E-state index in [1.54, 1.807) is 12.3 Å². The fourth-order valence-corrected chi connectivity index (χ4v) is 2.41. The van der Waals surface area contributed by atoms with Gasteiger partial charge in [-0.15, -0.1) is 0 Å². The van der Waals surface area contributed by atoms with Crippen molar-refractivity contribution in [1.29, 1.82) is 0 Å². The normalized spacial score (nSPS) is 10.2. The number of pyridine rings is 1. The first-order valence-electron chi connectivity index (χ1n) is 4.74. The van der Waals surface area contributed by atoms with Gasteiger partial charge in [0.15, 0.2) is 0 Å². The fourth-order valence-electron chi connectivity index (χ4n) is 1.26. The summed E-state index contributed by atoms with van der Waals surface area (Å²) < 4.78 is 0.728. The molecule has 2 heterocycles. The van der Waals surface area contributed by atoms with Crippen LogP contribution in [0.4, 0.5) is 10.7 Å². The fraction of sp³-hybridized carbons (Fsp3) is 0.100. The van der Waals surface area contributed by atoms with Crippen molar-refractivity contribution in [1.82, 2.24) is 4.98 Å². The Hall–Kier alpha value is -1.47. The first-order valence-corrected chi connectivity index (χ1v) is 6.35. The monoisotopic (exact) mass is 313 g/mol. The third-order valence-corrected chi connectivity index (χ3v) is 3.71. The van der Waals surface area contributed by atoms with Crippen LogP contribution in [0.2, 0.25) is 0 Å². The highest BCUT2D eigenvalue weighted by Gasteiger charge is 2.09. The molecule has 0 spiro atoms. The van der Waals surface area contributed by atoms with E-state index >= 15 is 0 Å². The molecule has 5 nitrogen and oxygen atoms in total. The van der Waals surface area contributed by atoms with Gasteiger partial charge in [0.2, 0.25) is 0 Å². The first-order chi connectivity index (χ1) is 8.16. The Morgan fingerprint density at radius 1 is 1.47 bits per heavy atom. The Labute approximate surface area is 110 Å². The van der Waals surface area contributed by atoms with Gasteiger partial charge in [-0.2, -0.15) is 0 Å². The van der Waals surface area contributed by atoms with E-state index in [-0.39, 0.29) is 9.92 Å². The average molecular weight is 314 g/mol. The van der Waals surface area contributed by atoms with Crippen LogP contribution in [0.25, 0.3) is 0 Å². The molecule has 88 valence electrons. The van der Waals surface area contributed by atoms with Crippen molar-refractivity contribution in [2.75, 3.05) is 5.32 Å². The van der Waals surface area contributed by atoms with Gasteiger partial charge >= 0.3 is 5.00 Å². The lowest BCUT2D eigenvalue weighted by molar-refractivity contribution is -0.380. The summed E-state index contributed by atoms with van der Waals surface area (Å²) in [6, 6.07) is 6.98. The van der Waals surface area contributed by atoms with E-state index in [4.69, 9.17) is 0 Å². The number of nitrogens with one attached hydrogen (secondary N) is 1. The van der Waals surface area contributed by atoms with Crippen LogP contribution in [0.15, 0.2) is 35.1 Å². The number of halogens is 1. The van der Waals surface area contributed by atoms with Crippen LogP contribution in [0, 0.1) is 10.1 Å². The summed E-state index contributed by atoms with van der Waals surface area (Å²) in [4.78, 5) is 15.1. The van der Waals surface area contributed by atoms with Crippen molar-refractivity contribution in [2.45, 2.75) is 6.54 Å². The molecule has 0 aliphatic rings. The highest BCUT2D eigenvalue weighted by molar-refractivity contribution is 9.10. The molecular formula is C10H8BrN3O2S. The molecule has 2 rings (SSSR count). The van der Waals surface area contributed by atoms with Gasteiger partial charge in [0.05, 0.1) is 10.6 Å². The molecule has 0 radical (unpaired) electrons. The maximum Gasteiger partial charge on any atom is 0.324 e. The van der Waals surface area contributed by atoms with E-state index < -0.39 is 0 Å². The number of nitrogens with zero attached hydrogens (tertiary/aromatic N) is 2. The third-order valence-electron chi connectivity index (χ3n) is 2.04. The summed E-state index contributed by atoms with van der Waals surface area (Å²) in [6.45, 7) is 0.544. The summed E-state index contributed by atoms with van der Waals surface area (Å²) in [7, 11) is 0. The quantitative estimate of drug-likeness (QED) is 0.533. The minimum atomic E-state index is -0.381. The van der Waals surface area contributed by atoms with Gasteiger partial charge in [0, 0.05) is 23.7 Å². The van der Waals surface area contributed by atoms with Crippen molar-refractivity contribution >= 4 is 38.0 Å². The van der Waals surface area contributed by atoms with E-state index in [0.717, 1.165) is 15.2 Å². The van der Waals surface area contributed by atoms with Crippen molar-refractivity contribution in [2.24, 2.45) is 0 Å². The molecule has 0 fully saturated rings. The molecule has 0 saturated carbocycles. The standard InChI is InChI=1S/C10H8BrN3O2S/c11-10-8(2-1-5-12-10)13-6-7-3-4-9(17-7)14(15)16/h1-5,13H,6H2. The van der Waals surface area contributed by atoms with Crippen molar-refractivity contribution in [3.05, 3.63) is 50.1 Å². The van der Waals surface area contributed by atoms with Gasteiger partial charge < -0.3 is 5.32 Å². The molecule has 0 amide bonds. The predicted molar refractivity (Wildman–Crippen MR) is 70.2 cm³/mol. The summed E-state index contributed by atoms with van der Waals surface area (Å²) >= 11 is 4.49. The summed E-state index contributed by atoms with van der Waals surface area (Å²) in [6.07, 6.45) is 1.69. The number of thiophene rings is 1. The van der Waals surface area contributed by atoms with Crippen molar-refractivity contribution < 1.29 is 4.92 Å². The van der Waals surface area contributed by atoms with Crippen molar-refractivity contribution in [3.63, 3.8) is 0 Å². The second-order valence-electron chi connectivity index (χ2n) is 3.19. The Kier molecular flexibility index (Phi) is 3.70. The molecule has 0 aromatic carbocycles. The molecule has 0 saturated heterocycles. The minimum Gasteiger partial charge on any atom is -0.378 e. The maximum absolute atomic E-state index is 10.5. The summed E-state index contributed by atoms with van der Waals surface area (Å²) in [5.74, 6) is 0. The van der Waals surface area contributed by atoms with E-state index in [9.17, 15) is 10.1 Å². The molecule has 0 atom stereocenters. The number of nitro groups is 1. The molecule has 0 aliphatic heterocycles. The van der Waals surface area contributed by atoms with Gasteiger partial charge in [-0.05, 0) is 34.1 Å². The predicted octanol–water partition coefficient (Wildman–Crippen LogP) is 3.43. The highest BCUT2D eigenvalue weighted by Crippen LogP contribution is 2.25. The van der Waals surface area contributed by atoms with E-state index in [1.807, 2.05) is 12.1 Å². The molecule has 2 aromatic rings. The largest absolute Gasteiger partial charge is 0.378 e. The van der Waals surface area contributed by atoms with Crippen LogP contribution in [0.5, 0.6) is 0 Å². The number of hydrogen-bond donors (Lipinski definition) is 1. The first kappa shape index (κ1) is 12.0. The van der Waals surface area contributed by atoms with Crippen LogP contribution in [0.3, 0.4) is 0 Å².